The summed E-state index contributed by atoms with van der Waals surface area (Å²) in [6.07, 6.45) is 1.28. The van der Waals surface area contributed by atoms with Crippen molar-refractivity contribution in [3.05, 3.63) is 51.6 Å². The van der Waals surface area contributed by atoms with E-state index < -0.39 is 11.7 Å². The molecule has 0 radical (unpaired) electrons. The number of alkyl halides is 3. The van der Waals surface area contributed by atoms with E-state index in [9.17, 15) is 22.8 Å². The zero-order valence-electron chi connectivity index (χ0n) is 17.1. The van der Waals surface area contributed by atoms with E-state index in [2.05, 4.69) is 10.1 Å². The number of hydrogen-bond donors (Lipinski definition) is 0. The molecular formula is C21H24F3N5O2. The smallest absolute Gasteiger partial charge is 0.353 e. The average molecular weight is 435 g/mol. The van der Waals surface area contributed by atoms with Gasteiger partial charge in [-0.25, -0.2) is 9.67 Å². The van der Waals surface area contributed by atoms with Gasteiger partial charge < -0.3 is 9.80 Å². The van der Waals surface area contributed by atoms with E-state index in [-0.39, 0.29) is 18.0 Å². The molecule has 0 atom stereocenters. The molecule has 31 heavy (non-hydrogen) atoms. The summed E-state index contributed by atoms with van der Waals surface area (Å²) < 4.78 is 39.3. The number of rotatable bonds is 3. The van der Waals surface area contributed by atoms with Crippen molar-refractivity contribution < 1.29 is 18.0 Å². The minimum Gasteiger partial charge on any atom is -0.353 e. The highest BCUT2D eigenvalue weighted by atomic mass is 19.4. The average Bonchev–Trinajstić information content (AvgIpc) is 2.98. The first-order valence-corrected chi connectivity index (χ1v) is 10.5. The zero-order chi connectivity index (χ0) is 22.0. The summed E-state index contributed by atoms with van der Waals surface area (Å²) in [5.74, 6) is 0.256. The van der Waals surface area contributed by atoms with Crippen LogP contribution in [0.15, 0.2) is 29.2 Å². The molecule has 0 aromatic carbocycles. The van der Waals surface area contributed by atoms with E-state index in [1.54, 1.807) is 11.0 Å². The maximum Gasteiger partial charge on any atom is 0.417 e. The number of anilines is 1. The Bertz CT molecular complexity index is 996. The number of hydrogen-bond acceptors (Lipinski definition) is 5. The SMILES string of the molecule is O=C(Cn1nc2c(cc1=O)CCCCC2)N1CCN(c2ccc(C(F)(F)F)cn2)CC1. The predicted molar refractivity (Wildman–Crippen MR) is 108 cm³/mol. The minimum atomic E-state index is -4.42. The third-order valence-corrected chi connectivity index (χ3v) is 5.84. The molecule has 2 aromatic rings. The number of aromatic nitrogens is 3. The molecule has 3 heterocycles. The highest BCUT2D eigenvalue weighted by Crippen LogP contribution is 2.29. The second-order valence-corrected chi connectivity index (χ2v) is 7.94. The maximum absolute atomic E-state index is 12.7. The number of nitrogens with zero attached hydrogens (tertiary/aromatic N) is 5. The lowest BCUT2D eigenvalue weighted by atomic mass is 10.1. The highest BCUT2D eigenvalue weighted by Gasteiger charge is 2.31. The van der Waals surface area contributed by atoms with E-state index in [0.717, 1.165) is 55.6 Å². The van der Waals surface area contributed by atoms with Crippen LogP contribution in [-0.2, 0) is 30.4 Å². The molecule has 1 saturated heterocycles. The Morgan fingerprint density at radius 2 is 1.77 bits per heavy atom. The van der Waals surface area contributed by atoms with E-state index in [0.29, 0.717) is 32.0 Å². The summed E-state index contributed by atoms with van der Waals surface area (Å²) >= 11 is 0. The molecule has 166 valence electrons. The summed E-state index contributed by atoms with van der Waals surface area (Å²) in [7, 11) is 0. The Balaban J connectivity index is 1.37. The van der Waals surface area contributed by atoms with Gasteiger partial charge in [0.1, 0.15) is 12.4 Å². The third-order valence-electron chi connectivity index (χ3n) is 5.84. The van der Waals surface area contributed by atoms with Crippen LogP contribution in [0.5, 0.6) is 0 Å². The first-order chi connectivity index (χ1) is 14.8. The summed E-state index contributed by atoms with van der Waals surface area (Å²) in [4.78, 5) is 32.5. The first-order valence-electron chi connectivity index (χ1n) is 10.5. The van der Waals surface area contributed by atoms with Crippen LogP contribution in [0.2, 0.25) is 0 Å². The molecule has 7 nitrogen and oxygen atoms in total. The lowest BCUT2D eigenvalue weighted by Crippen LogP contribution is -2.50. The van der Waals surface area contributed by atoms with Gasteiger partial charge in [0.25, 0.3) is 5.56 Å². The molecular weight excluding hydrogens is 411 g/mol. The second-order valence-electron chi connectivity index (χ2n) is 7.94. The molecule has 0 saturated carbocycles. The van der Waals surface area contributed by atoms with Crippen molar-refractivity contribution >= 4 is 11.7 Å². The number of carbonyl (C=O) groups excluding carboxylic acids is 1. The number of aryl methyl sites for hydroxylation is 2. The van der Waals surface area contributed by atoms with E-state index in [1.807, 2.05) is 4.90 Å². The van der Waals surface area contributed by atoms with Gasteiger partial charge in [-0.3, -0.25) is 9.59 Å². The topological polar surface area (TPSA) is 71.3 Å². The fourth-order valence-corrected chi connectivity index (χ4v) is 4.04. The van der Waals surface area contributed by atoms with Crippen LogP contribution < -0.4 is 10.5 Å². The number of pyridine rings is 1. The number of carbonyl (C=O) groups is 1. The number of halogens is 3. The van der Waals surface area contributed by atoms with Crippen LogP contribution in [0, 0.1) is 0 Å². The Morgan fingerprint density at radius 3 is 2.45 bits per heavy atom. The van der Waals surface area contributed by atoms with Crippen molar-refractivity contribution in [3.63, 3.8) is 0 Å². The van der Waals surface area contributed by atoms with Gasteiger partial charge in [0.15, 0.2) is 0 Å². The van der Waals surface area contributed by atoms with E-state index >= 15 is 0 Å². The van der Waals surface area contributed by atoms with Gasteiger partial charge in [-0.05, 0) is 43.4 Å². The van der Waals surface area contributed by atoms with Crippen LogP contribution >= 0.6 is 0 Å². The molecule has 0 spiro atoms. The van der Waals surface area contributed by atoms with Crippen LogP contribution in [0.25, 0.3) is 0 Å². The molecule has 10 heteroatoms. The summed E-state index contributed by atoms with van der Waals surface area (Å²) in [6, 6.07) is 3.96. The predicted octanol–water partition coefficient (Wildman–Crippen LogP) is 2.27. The Morgan fingerprint density at radius 1 is 1.03 bits per heavy atom. The Hall–Kier alpha value is -2.91. The maximum atomic E-state index is 12.7. The Labute approximate surface area is 177 Å². The van der Waals surface area contributed by atoms with E-state index in [4.69, 9.17) is 0 Å². The van der Waals surface area contributed by atoms with Crippen molar-refractivity contribution in [2.75, 3.05) is 31.1 Å². The molecule has 1 fully saturated rings. The molecule has 1 amide bonds. The van der Waals surface area contributed by atoms with Crippen molar-refractivity contribution in [3.8, 4) is 0 Å². The summed E-state index contributed by atoms with van der Waals surface area (Å²) in [6.45, 7) is 1.61. The van der Waals surface area contributed by atoms with Crippen molar-refractivity contribution in [2.24, 2.45) is 0 Å². The molecule has 4 rings (SSSR count). The van der Waals surface area contributed by atoms with Crippen LogP contribution in [0.4, 0.5) is 19.0 Å². The monoisotopic (exact) mass is 435 g/mol. The molecule has 2 aromatic heterocycles. The molecule has 0 bridgehead atoms. The van der Waals surface area contributed by atoms with Gasteiger partial charge in [0.2, 0.25) is 5.91 Å². The summed E-state index contributed by atoms with van der Waals surface area (Å²) in [5, 5.41) is 4.44. The fourth-order valence-electron chi connectivity index (χ4n) is 4.04. The van der Waals surface area contributed by atoms with Gasteiger partial charge in [-0.15, -0.1) is 0 Å². The zero-order valence-corrected chi connectivity index (χ0v) is 17.1. The van der Waals surface area contributed by atoms with Crippen LogP contribution in [0.3, 0.4) is 0 Å². The van der Waals surface area contributed by atoms with Gasteiger partial charge in [-0.2, -0.15) is 18.3 Å². The largest absolute Gasteiger partial charge is 0.417 e. The number of fused-ring (bicyclic) bond motifs is 1. The van der Waals surface area contributed by atoms with Crippen molar-refractivity contribution in [1.82, 2.24) is 19.7 Å². The molecule has 1 aliphatic heterocycles. The van der Waals surface area contributed by atoms with Crippen LogP contribution in [-0.4, -0.2) is 51.8 Å². The fraction of sp³-hybridized carbons (Fsp3) is 0.524. The molecule has 1 aliphatic carbocycles. The van der Waals surface area contributed by atoms with E-state index in [1.165, 1.54) is 10.7 Å². The molecule has 0 N–H and O–H groups in total. The lowest BCUT2D eigenvalue weighted by molar-refractivity contribution is -0.138. The number of piperazine rings is 1. The normalized spacial score (nSPS) is 17.3. The molecule has 2 aliphatic rings. The molecule has 0 unspecified atom stereocenters. The van der Waals surface area contributed by atoms with Crippen molar-refractivity contribution in [1.29, 1.82) is 0 Å². The Kier molecular flexibility index (Phi) is 5.97. The van der Waals surface area contributed by atoms with Gasteiger partial charge in [0.05, 0.1) is 11.3 Å². The minimum absolute atomic E-state index is 0.107. The van der Waals surface area contributed by atoms with Crippen molar-refractivity contribution in [2.45, 2.75) is 44.8 Å². The lowest BCUT2D eigenvalue weighted by Gasteiger charge is -2.35. The highest BCUT2D eigenvalue weighted by molar-refractivity contribution is 5.76. The van der Waals surface area contributed by atoms with Gasteiger partial charge in [0, 0.05) is 38.4 Å². The summed E-state index contributed by atoms with van der Waals surface area (Å²) in [5.41, 5.74) is 0.845. The van der Waals surface area contributed by atoms with Crippen LogP contribution in [0.1, 0.15) is 36.1 Å². The van der Waals surface area contributed by atoms with Gasteiger partial charge >= 0.3 is 6.18 Å². The first kappa shape index (κ1) is 21.3. The standard InChI is InChI=1S/C21H24F3N5O2/c22-21(23,24)16-6-7-18(25-13-16)27-8-10-28(11-9-27)20(31)14-29-19(30)12-15-4-2-1-3-5-17(15)26-29/h6-7,12-13H,1-5,8-11,14H2. The van der Waals surface area contributed by atoms with Gasteiger partial charge in [-0.1, -0.05) is 6.42 Å². The second kappa shape index (κ2) is 8.68. The third kappa shape index (κ3) is 4.88. The number of amides is 1. The quantitative estimate of drug-likeness (QED) is 0.692.